The Kier molecular flexibility index (Phi) is 4.74. The van der Waals surface area contributed by atoms with Crippen LogP contribution in [0.15, 0.2) is 53.5 Å². The summed E-state index contributed by atoms with van der Waals surface area (Å²) < 4.78 is 5.16. The highest BCUT2D eigenvalue weighted by molar-refractivity contribution is 6.30. The van der Waals surface area contributed by atoms with Crippen LogP contribution in [0.3, 0.4) is 0 Å². The summed E-state index contributed by atoms with van der Waals surface area (Å²) in [5.41, 5.74) is 6.70. The molecule has 0 aliphatic carbocycles. The van der Waals surface area contributed by atoms with Crippen molar-refractivity contribution in [2.24, 2.45) is 10.7 Å². The minimum atomic E-state index is -0.503. The number of carbonyl (C=O) groups excluding carboxylic acids is 1. The Morgan fingerprint density at radius 1 is 1.25 bits per heavy atom. The van der Waals surface area contributed by atoms with Gasteiger partial charge < -0.3 is 10.5 Å². The van der Waals surface area contributed by atoms with Gasteiger partial charge in [-0.1, -0.05) is 17.7 Å². The molecule has 2 aromatic rings. The van der Waals surface area contributed by atoms with Crippen LogP contribution in [0.2, 0.25) is 5.02 Å². The molecule has 102 valence electrons. The third-order valence-corrected chi connectivity index (χ3v) is 2.67. The van der Waals surface area contributed by atoms with Crippen LogP contribution >= 0.6 is 11.6 Å². The molecular formula is C15H13ClN2O2. The van der Waals surface area contributed by atoms with Crippen molar-refractivity contribution in [3.05, 3.63) is 59.1 Å². The van der Waals surface area contributed by atoms with Crippen molar-refractivity contribution in [3.8, 4) is 5.75 Å². The van der Waals surface area contributed by atoms with Gasteiger partial charge in [0.1, 0.15) is 5.75 Å². The predicted octanol–water partition coefficient (Wildman–Crippen LogP) is 2.95. The summed E-state index contributed by atoms with van der Waals surface area (Å²) in [5.74, 6) is 0.0836. The van der Waals surface area contributed by atoms with E-state index in [1.807, 2.05) is 24.3 Å². The molecule has 4 nitrogen and oxygen atoms in total. The normalized spacial score (nSPS) is 10.7. The number of nitrogens with two attached hydrogens (primary N) is 1. The first kappa shape index (κ1) is 14.1. The fourth-order valence-corrected chi connectivity index (χ4v) is 1.69. The van der Waals surface area contributed by atoms with Crippen molar-refractivity contribution in [2.75, 3.05) is 6.61 Å². The van der Waals surface area contributed by atoms with E-state index in [1.165, 1.54) is 0 Å². The number of nitrogens with zero attached hydrogens (tertiary/aromatic N) is 1. The third-order valence-electron chi connectivity index (χ3n) is 2.43. The lowest BCUT2D eigenvalue weighted by Crippen LogP contribution is -2.19. The fraction of sp³-hybridized carbons (Fsp3) is 0.0667. The molecule has 0 saturated carbocycles. The van der Waals surface area contributed by atoms with Gasteiger partial charge in [0.05, 0.1) is 5.69 Å². The summed E-state index contributed by atoms with van der Waals surface area (Å²) in [5, 5.41) is 0.648. The van der Waals surface area contributed by atoms with E-state index in [0.29, 0.717) is 10.8 Å². The summed E-state index contributed by atoms with van der Waals surface area (Å²) >= 11 is 5.88. The van der Waals surface area contributed by atoms with Crippen LogP contribution in [0.1, 0.15) is 5.56 Å². The quantitative estimate of drug-likeness (QED) is 0.860. The zero-order valence-corrected chi connectivity index (χ0v) is 11.4. The number of carbonyl (C=O) groups is 1. The van der Waals surface area contributed by atoms with Crippen LogP contribution in [0, 0.1) is 0 Å². The Labute approximate surface area is 121 Å². The van der Waals surface area contributed by atoms with Crippen LogP contribution in [0.4, 0.5) is 5.69 Å². The van der Waals surface area contributed by atoms with Gasteiger partial charge in [-0.05, 0) is 48.0 Å². The molecule has 0 bridgehead atoms. The summed E-state index contributed by atoms with van der Waals surface area (Å²) in [6, 6.07) is 14.5. The molecule has 0 aliphatic heterocycles. The van der Waals surface area contributed by atoms with Gasteiger partial charge >= 0.3 is 0 Å². The second kappa shape index (κ2) is 6.73. The monoisotopic (exact) mass is 288 g/mol. The first-order valence-corrected chi connectivity index (χ1v) is 6.32. The number of ether oxygens (including phenoxy) is 1. The highest BCUT2D eigenvalue weighted by Gasteiger charge is 1.97. The maximum Gasteiger partial charge on any atom is 0.255 e. The van der Waals surface area contributed by atoms with E-state index in [1.54, 1.807) is 30.5 Å². The Bertz CT molecular complexity index is 624. The highest BCUT2D eigenvalue weighted by atomic mass is 35.5. The van der Waals surface area contributed by atoms with E-state index in [-0.39, 0.29) is 6.61 Å². The average Bonchev–Trinajstić information content (AvgIpc) is 2.44. The maximum absolute atomic E-state index is 10.6. The zero-order chi connectivity index (χ0) is 14.4. The predicted molar refractivity (Wildman–Crippen MR) is 79.8 cm³/mol. The Morgan fingerprint density at radius 3 is 2.65 bits per heavy atom. The van der Waals surface area contributed by atoms with Gasteiger partial charge in [0.15, 0.2) is 6.61 Å². The SMILES string of the molecule is NC(=O)COc1ccc(C=Nc2cccc(Cl)c2)cc1. The standard InChI is InChI=1S/C15H13ClN2O2/c16-12-2-1-3-13(8-12)18-9-11-4-6-14(7-5-11)20-10-15(17)19/h1-9H,10H2,(H2,17,19). The molecule has 2 aromatic carbocycles. The molecular weight excluding hydrogens is 276 g/mol. The molecule has 0 atom stereocenters. The molecule has 20 heavy (non-hydrogen) atoms. The molecule has 5 heteroatoms. The molecule has 0 radical (unpaired) electrons. The van der Waals surface area contributed by atoms with Crippen molar-refractivity contribution >= 4 is 29.4 Å². The first-order valence-electron chi connectivity index (χ1n) is 5.94. The van der Waals surface area contributed by atoms with E-state index < -0.39 is 5.91 Å². The van der Waals surface area contributed by atoms with Crippen molar-refractivity contribution in [3.63, 3.8) is 0 Å². The number of rotatable bonds is 5. The molecule has 0 aliphatic rings. The van der Waals surface area contributed by atoms with E-state index in [2.05, 4.69) is 4.99 Å². The fourth-order valence-electron chi connectivity index (χ4n) is 1.51. The lowest BCUT2D eigenvalue weighted by atomic mass is 10.2. The van der Waals surface area contributed by atoms with Gasteiger partial charge in [-0.3, -0.25) is 9.79 Å². The van der Waals surface area contributed by atoms with E-state index in [4.69, 9.17) is 22.1 Å². The number of primary amides is 1. The lowest BCUT2D eigenvalue weighted by molar-refractivity contribution is -0.119. The van der Waals surface area contributed by atoms with Crippen molar-refractivity contribution in [1.29, 1.82) is 0 Å². The summed E-state index contributed by atoms with van der Waals surface area (Å²) in [7, 11) is 0. The van der Waals surface area contributed by atoms with Crippen LogP contribution in [0.5, 0.6) is 5.75 Å². The van der Waals surface area contributed by atoms with Crippen molar-refractivity contribution in [2.45, 2.75) is 0 Å². The van der Waals surface area contributed by atoms with Crippen molar-refractivity contribution < 1.29 is 9.53 Å². The largest absolute Gasteiger partial charge is 0.484 e. The Hall–Kier alpha value is -2.33. The lowest BCUT2D eigenvalue weighted by Gasteiger charge is -2.03. The summed E-state index contributed by atoms with van der Waals surface area (Å²) in [6.07, 6.45) is 1.73. The number of hydrogen-bond acceptors (Lipinski definition) is 3. The number of halogens is 1. The minimum Gasteiger partial charge on any atom is -0.484 e. The van der Waals surface area contributed by atoms with Gasteiger partial charge in [-0.15, -0.1) is 0 Å². The minimum absolute atomic E-state index is 0.129. The maximum atomic E-state index is 10.6. The topological polar surface area (TPSA) is 64.7 Å². The van der Waals surface area contributed by atoms with Crippen LogP contribution < -0.4 is 10.5 Å². The third kappa shape index (κ3) is 4.40. The Balaban J connectivity index is 2.01. The smallest absolute Gasteiger partial charge is 0.255 e. The molecule has 0 saturated heterocycles. The molecule has 0 fully saturated rings. The molecule has 2 rings (SSSR count). The molecule has 0 unspecified atom stereocenters. The molecule has 0 heterocycles. The van der Waals surface area contributed by atoms with Gasteiger partial charge in [0, 0.05) is 11.2 Å². The molecule has 2 N–H and O–H groups in total. The van der Waals surface area contributed by atoms with Crippen LogP contribution in [-0.4, -0.2) is 18.7 Å². The van der Waals surface area contributed by atoms with Crippen LogP contribution in [-0.2, 0) is 4.79 Å². The Morgan fingerprint density at radius 2 is 2.00 bits per heavy atom. The highest BCUT2D eigenvalue weighted by Crippen LogP contribution is 2.18. The van der Waals surface area contributed by atoms with Gasteiger partial charge in [0.25, 0.3) is 5.91 Å². The number of benzene rings is 2. The zero-order valence-electron chi connectivity index (χ0n) is 10.6. The van der Waals surface area contributed by atoms with Gasteiger partial charge in [-0.2, -0.15) is 0 Å². The molecule has 0 aromatic heterocycles. The second-order valence-corrected chi connectivity index (χ2v) is 4.50. The summed E-state index contributed by atoms with van der Waals surface area (Å²) in [6.45, 7) is -0.129. The summed E-state index contributed by atoms with van der Waals surface area (Å²) in [4.78, 5) is 14.9. The van der Waals surface area contributed by atoms with Crippen LogP contribution in [0.25, 0.3) is 0 Å². The molecule has 1 amide bonds. The van der Waals surface area contributed by atoms with E-state index in [0.717, 1.165) is 11.3 Å². The molecule has 0 spiro atoms. The van der Waals surface area contributed by atoms with Gasteiger partial charge in [0.2, 0.25) is 0 Å². The van der Waals surface area contributed by atoms with E-state index >= 15 is 0 Å². The van der Waals surface area contributed by atoms with Gasteiger partial charge in [-0.25, -0.2) is 0 Å². The number of hydrogen-bond donors (Lipinski definition) is 1. The van der Waals surface area contributed by atoms with E-state index in [9.17, 15) is 4.79 Å². The second-order valence-electron chi connectivity index (χ2n) is 4.06. The van der Waals surface area contributed by atoms with Crippen molar-refractivity contribution in [1.82, 2.24) is 0 Å². The first-order chi connectivity index (χ1) is 9.63. The number of amides is 1. The average molecular weight is 289 g/mol. The number of aliphatic imine (C=N–C) groups is 1.